The van der Waals surface area contributed by atoms with Crippen LogP contribution >= 0.6 is 0 Å². The first-order valence-electron chi connectivity index (χ1n) is 11.2. The van der Waals surface area contributed by atoms with E-state index in [4.69, 9.17) is 10.5 Å². The Labute approximate surface area is 193 Å². The van der Waals surface area contributed by atoms with Crippen LogP contribution in [0.1, 0.15) is 53.6 Å². The van der Waals surface area contributed by atoms with Crippen LogP contribution in [-0.4, -0.2) is 32.9 Å². The zero-order valence-electron chi connectivity index (χ0n) is 20.0. The predicted octanol–water partition coefficient (Wildman–Crippen LogP) is 3.27. The number of esters is 1. The van der Waals surface area contributed by atoms with Crippen LogP contribution in [0.5, 0.6) is 0 Å². The molecule has 1 amide bonds. The third-order valence-corrected chi connectivity index (χ3v) is 6.21. The zero-order valence-corrected chi connectivity index (χ0v) is 20.0. The average Bonchev–Trinajstić information content (AvgIpc) is 3.19. The molecule has 2 aromatic heterocycles. The molecule has 1 aromatic carbocycles. The summed E-state index contributed by atoms with van der Waals surface area (Å²) >= 11 is 0. The number of carbonyl (C=O) groups excluding carboxylic acids is 2. The second kappa shape index (κ2) is 9.94. The minimum Gasteiger partial charge on any atom is -0.469 e. The van der Waals surface area contributed by atoms with Crippen molar-refractivity contribution >= 4 is 11.9 Å². The average molecular weight is 453 g/mol. The lowest BCUT2D eigenvalue weighted by molar-refractivity contribution is -0.140. The quantitative estimate of drug-likeness (QED) is 0.504. The van der Waals surface area contributed by atoms with Crippen LogP contribution in [-0.2, 0) is 29.5 Å². The van der Waals surface area contributed by atoms with Crippen LogP contribution in [0.3, 0.4) is 0 Å². The molecule has 0 aliphatic heterocycles. The number of aromatic nitrogens is 3. The minimum absolute atomic E-state index is 0.135. The summed E-state index contributed by atoms with van der Waals surface area (Å²) in [6.07, 6.45) is 2.32. The third kappa shape index (κ3) is 4.37. The number of unbranched alkanes of at least 4 members (excludes halogenated alkanes) is 1. The molecule has 2 N–H and O–H groups in total. The molecule has 8 heteroatoms. The molecule has 0 saturated carbocycles. The molecule has 0 aliphatic rings. The molecule has 176 valence electrons. The van der Waals surface area contributed by atoms with Crippen LogP contribution in [0.4, 0.5) is 0 Å². The summed E-state index contributed by atoms with van der Waals surface area (Å²) in [6.45, 7) is 6.44. The van der Waals surface area contributed by atoms with Gasteiger partial charge in [0.1, 0.15) is 0 Å². The van der Waals surface area contributed by atoms with E-state index in [0.29, 0.717) is 41.0 Å². The SMILES string of the molecule is CCCCn1c(C)c(C(N)=O)c(-c2c(C)n(C)n(-c3ccccc3)c2=O)c1CCC(=O)OC. The molecule has 0 unspecified atom stereocenters. The van der Waals surface area contributed by atoms with Crippen molar-refractivity contribution in [2.45, 2.75) is 53.0 Å². The summed E-state index contributed by atoms with van der Waals surface area (Å²) in [5.74, 6) is -0.945. The van der Waals surface area contributed by atoms with E-state index in [9.17, 15) is 14.4 Å². The third-order valence-electron chi connectivity index (χ3n) is 6.21. The van der Waals surface area contributed by atoms with E-state index in [1.54, 1.807) is 9.36 Å². The molecule has 0 atom stereocenters. The Balaban J connectivity index is 2.35. The van der Waals surface area contributed by atoms with Gasteiger partial charge in [-0.2, -0.15) is 0 Å². The monoisotopic (exact) mass is 452 g/mol. The van der Waals surface area contributed by atoms with Crippen LogP contribution in [0.2, 0.25) is 0 Å². The van der Waals surface area contributed by atoms with Gasteiger partial charge in [0.2, 0.25) is 0 Å². The van der Waals surface area contributed by atoms with Gasteiger partial charge in [0.05, 0.1) is 30.3 Å². The van der Waals surface area contributed by atoms with E-state index in [2.05, 4.69) is 6.92 Å². The Morgan fingerprint density at radius 1 is 1.06 bits per heavy atom. The van der Waals surface area contributed by atoms with E-state index < -0.39 is 5.91 Å². The fraction of sp³-hybridized carbons (Fsp3) is 0.400. The summed E-state index contributed by atoms with van der Waals surface area (Å²) in [7, 11) is 3.16. The number of nitrogens with two attached hydrogens (primary N) is 1. The number of methoxy groups -OCH3 is 1. The number of benzene rings is 1. The maximum atomic E-state index is 13.8. The highest BCUT2D eigenvalue weighted by Gasteiger charge is 2.30. The van der Waals surface area contributed by atoms with E-state index in [0.717, 1.165) is 24.2 Å². The van der Waals surface area contributed by atoms with Crippen molar-refractivity contribution in [3.05, 3.63) is 63.3 Å². The maximum Gasteiger partial charge on any atom is 0.305 e. The zero-order chi connectivity index (χ0) is 24.3. The number of hydrogen-bond donors (Lipinski definition) is 1. The van der Waals surface area contributed by atoms with Gasteiger partial charge in [-0.25, -0.2) is 4.68 Å². The number of ether oxygens (including phenoxy) is 1. The molecule has 0 saturated heterocycles. The van der Waals surface area contributed by atoms with Crippen molar-refractivity contribution in [3.63, 3.8) is 0 Å². The van der Waals surface area contributed by atoms with Gasteiger partial charge in [-0.1, -0.05) is 31.5 Å². The van der Waals surface area contributed by atoms with Crippen molar-refractivity contribution in [2.75, 3.05) is 7.11 Å². The Bertz CT molecular complexity index is 1230. The Morgan fingerprint density at radius 3 is 2.30 bits per heavy atom. The second-order valence-electron chi connectivity index (χ2n) is 8.16. The molecule has 33 heavy (non-hydrogen) atoms. The van der Waals surface area contributed by atoms with E-state index >= 15 is 0 Å². The molecule has 3 rings (SSSR count). The lowest BCUT2D eigenvalue weighted by atomic mass is 9.98. The van der Waals surface area contributed by atoms with Gasteiger partial charge < -0.3 is 15.0 Å². The van der Waals surface area contributed by atoms with E-state index in [-0.39, 0.29) is 17.9 Å². The highest BCUT2D eigenvalue weighted by molar-refractivity contribution is 6.02. The fourth-order valence-corrected chi connectivity index (χ4v) is 4.43. The van der Waals surface area contributed by atoms with Crippen molar-refractivity contribution in [1.29, 1.82) is 0 Å². The van der Waals surface area contributed by atoms with Gasteiger partial charge >= 0.3 is 5.97 Å². The van der Waals surface area contributed by atoms with E-state index in [1.165, 1.54) is 7.11 Å². The van der Waals surface area contributed by atoms with Crippen LogP contribution in [0.15, 0.2) is 35.1 Å². The molecule has 0 aliphatic carbocycles. The van der Waals surface area contributed by atoms with Gasteiger partial charge in [-0.3, -0.25) is 19.1 Å². The number of para-hydroxylation sites is 1. The second-order valence-corrected chi connectivity index (χ2v) is 8.16. The lowest BCUT2D eigenvalue weighted by Gasteiger charge is -2.12. The molecule has 0 fully saturated rings. The Morgan fingerprint density at radius 2 is 1.73 bits per heavy atom. The molecular formula is C25H32N4O4. The first-order chi connectivity index (χ1) is 15.7. The standard InChI is InChI=1S/C25H32N4O4/c1-6-7-15-28-17(3)21(24(26)31)23(19(28)13-14-20(30)33-5)22-16(2)27(4)29(25(22)32)18-11-9-8-10-12-18/h8-12H,6-7,13-15H2,1-5H3,(H2,26,31). The number of amides is 1. The van der Waals surface area contributed by atoms with Crippen molar-refractivity contribution < 1.29 is 14.3 Å². The molecule has 0 spiro atoms. The summed E-state index contributed by atoms with van der Waals surface area (Å²) in [4.78, 5) is 38.4. The number of carbonyl (C=O) groups is 2. The van der Waals surface area contributed by atoms with Gasteiger partial charge in [0.15, 0.2) is 0 Å². The summed E-state index contributed by atoms with van der Waals surface area (Å²) in [5.41, 5.74) is 9.77. The van der Waals surface area contributed by atoms with Crippen LogP contribution < -0.4 is 11.3 Å². The lowest BCUT2D eigenvalue weighted by Crippen LogP contribution is -2.21. The van der Waals surface area contributed by atoms with Gasteiger partial charge in [0, 0.05) is 36.2 Å². The highest BCUT2D eigenvalue weighted by Crippen LogP contribution is 2.34. The van der Waals surface area contributed by atoms with Crippen LogP contribution in [0, 0.1) is 13.8 Å². The first kappa shape index (κ1) is 24.1. The number of hydrogen-bond acceptors (Lipinski definition) is 4. The van der Waals surface area contributed by atoms with Crippen LogP contribution in [0.25, 0.3) is 16.8 Å². The molecule has 0 radical (unpaired) electrons. The molecule has 0 bridgehead atoms. The number of nitrogens with zero attached hydrogens (tertiary/aromatic N) is 3. The molecule has 8 nitrogen and oxygen atoms in total. The first-order valence-corrected chi connectivity index (χ1v) is 11.2. The van der Waals surface area contributed by atoms with E-state index in [1.807, 2.05) is 55.8 Å². The summed E-state index contributed by atoms with van der Waals surface area (Å²) < 4.78 is 10.2. The maximum absolute atomic E-state index is 13.8. The van der Waals surface area contributed by atoms with Gasteiger partial charge in [-0.15, -0.1) is 0 Å². The topological polar surface area (TPSA) is 101 Å². The summed E-state index contributed by atoms with van der Waals surface area (Å²) in [6, 6.07) is 9.33. The highest BCUT2D eigenvalue weighted by atomic mass is 16.5. The van der Waals surface area contributed by atoms with Gasteiger partial charge in [0.25, 0.3) is 11.5 Å². The molecule has 3 aromatic rings. The Kier molecular flexibility index (Phi) is 7.26. The smallest absolute Gasteiger partial charge is 0.305 e. The van der Waals surface area contributed by atoms with Gasteiger partial charge in [-0.05, 0) is 38.8 Å². The Hall–Kier alpha value is -3.55. The predicted molar refractivity (Wildman–Crippen MR) is 128 cm³/mol. The van der Waals surface area contributed by atoms with Crippen molar-refractivity contribution in [3.8, 4) is 16.8 Å². The number of primary amides is 1. The normalized spacial score (nSPS) is 11.1. The number of rotatable bonds is 9. The van der Waals surface area contributed by atoms with Crippen molar-refractivity contribution in [1.82, 2.24) is 13.9 Å². The largest absolute Gasteiger partial charge is 0.469 e. The molecular weight excluding hydrogens is 420 g/mol. The fourth-order valence-electron chi connectivity index (χ4n) is 4.43. The minimum atomic E-state index is -0.592. The van der Waals surface area contributed by atoms with Crippen molar-refractivity contribution in [2.24, 2.45) is 12.8 Å². The summed E-state index contributed by atoms with van der Waals surface area (Å²) in [5, 5.41) is 0. The molecule has 2 heterocycles.